The summed E-state index contributed by atoms with van der Waals surface area (Å²) in [5, 5.41) is 9.68. The van der Waals surface area contributed by atoms with Gasteiger partial charge in [0.05, 0.1) is 19.0 Å². The molecular weight excluding hydrogens is 390 g/mol. The van der Waals surface area contributed by atoms with Gasteiger partial charge < -0.3 is 9.84 Å². The molecule has 31 heavy (non-hydrogen) atoms. The summed E-state index contributed by atoms with van der Waals surface area (Å²) < 4.78 is 5.55. The van der Waals surface area contributed by atoms with Crippen LogP contribution < -0.4 is 9.64 Å². The maximum absolute atomic E-state index is 11.8. The largest absolute Gasteiger partial charge is 0.494 e. The average molecular weight is 418 g/mol. The van der Waals surface area contributed by atoms with Crippen molar-refractivity contribution < 1.29 is 14.6 Å². The van der Waals surface area contributed by atoms with E-state index in [0.29, 0.717) is 23.8 Å². The van der Waals surface area contributed by atoms with Crippen molar-refractivity contribution in [1.82, 2.24) is 4.98 Å². The van der Waals surface area contributed by atoms with Crippen molar-refractivity contribution in [3.05, 3.63) is 84.1 Å². The van der Waals surface area contributed by atoms with Gasteiger partial charge in [-0.05, 0) is 5.41 Å². The molecule has 160 valence electrons. The van der Waals surface area contributed by atoms with Crippen LogP contribution in [0.3, 0.4) is 0 Å². The fourth-order valence-electron chi connectivity index (χ4n) is 3.14. The normalized spacial score (nSPS) is 11.0. The van der Waals surface area contributed by atoms with Crippen molar-refractivity contribution in [1.29, 1.82) is 0 Å². The van der Waals surface area contributed by atoms with E-state index in [1.54, 1.807) is 12.3 Å². The summed E-state index contributed by atoms with van der Waals surface area (Å²) in [6.45, 7) is 6.24. The van der Waals surface area contributed by atoms with Crippen LogP contribution in [-0.4, -0.2) is 35.5 Å². The Kier molecular flexibility index (Phi) is 6.70. The van der Waals surface area contributed by atoms with E-state index in [4.69, 9.17) is 9.73 Å². The molecule has 2 aromatic carbocycles. The van der Waals surface area contributed by atoms with Crippen molar-refractivity contribution in [2.24, 2.45) is 10.4 Å². The van der Waals surface area contributed by atoms with Gasteiger partial charge in [0.15, 0.2) is 0 Å². The van der Waals surface area contributed by atoms with Gasteiger partial charge >= 0.3 is 6.09 Å². The number of amides is 1. The number of ether oxygens (including phenoxy) is 1. The molecule has 0 unspecified atom stereocenters. The third kappa shape index (κ3) is 5.69. The lowest BCUT2D eigenvalue weighted by atomic mass is 9.96. The first-order valence-electron chi connectivity index (χ1n) is 10.0. The Hall–Kier alpha value is -3.67. The summed E-state index contributed by atoms with van der Waals surface area (Å²) in [5.41, 5.74) is 2.99. The first-order chi connectivity index (χ1) is 14.8. The second-order valence-electron chi connectivity index (χ2n) is 8.34. The van der Waals surface area contributed by atoms with Crippen molar-refractivity contribution in [3.63, 3.8) is 0 Å². The summed E-state index contributed by atoms with van der Waals surface area (Å²) in [6.07, 6.45) is 0.494. The molecule has 0 fully saturated rings. The molecule has 0 aliphatic carbocycles. The maximum Gasteiger partial charge on any atom is 0.413 e. The number of carbonyl (C=O) groups is 1. The zero-order valence-electron chi connectivity index (χ0n) is 18.2. The van der Waals surface area contributed by atoms with Crippen LogP contribution in [0.2, 0.25) is 0 Å². The number of aromatic nitrogens is 1. The van der Waals surface area contributed by atoms with Crippen LogP contribution in [0.15, 0.2) is 77.9 Å². The molecule has 0 spiro atoms. The summed E-state index contributed by atoms with van der Waals surface area (Å²) >= 11 is 0. The number of methoxy groups -OCH3 is 1. The fraction of sp³-hybridized carbons (Fsp3) is 0.240. The molecule has 6 heteroatoms. The van der Waals surface area contributed by atoms with Crippen molar-refractivity contribution >= 4 is 23.3 Å². The van der Waals surface area contributed by atoms with Gasteiger partial charge in [0.25, 0.3) is 0 Å². The van der Waals surface area contributed by atoms with E-state index < -0.39 is 6.09 Å². The second kappa shape index (κ2) is 9.43. The number of carboxylic acid groups (broad SMARTS) is 1. The Morgan fingerprint density at radius 1 is 1.03 bits per heavy atom. The van der Waals surface area contributed by atoms with E-state index in [9.17, 15) is 9.90 Å². The topological polar surface area (TPSA) is 75.0 Å². The molecule has 1 aromatic heterocycles. The van der Waals surface area contributed by atoms with Crippen LogP contribution in [0.1, 0.15) is 31.9 Å². The standard InChI is InChI=1S/C25H27N3O3/c1-25(2,3)17-28(24(29)30)22-15-21(31-4)20(16-26-22)27-23(18-11-7-5-8-12-18)19-13-9-6-10-14-19/h5-16H,17H2,1-4H3,(H,29,30). The van der Waals surface area contributed by atoms with E-state index in [0.717, 1.165) is 16.8 Å². The average Bonchev–Trinajstić information content (AvgIpc) is 2.76. The minimum atomic E-state index is -1.06. The van der Waals surface area contributed by atoms with Crippen LogP contribution >= 0.6 is 0 Å². The molecule has 0 radical (unpaired) electrons. The zero-order valence-corrected chi connectivity index (χ0v) is 18.2. The molecule has 0 saturated carbocycles. The minimum Gasteiger partial charge on any atom is -0.494 e. The molecule has 6 nitrogen and oxygen atoms in total. The van der Waals surface area contributed by atoms with Gasteiger partial charge in [-0.25, -0.2) is 14.8 Å². The monoisotopic (exact) mass is 417 g/mol. The third-order valence-corrected chi connectivity index (χ3v) is 4.52. The summed E-state index contributed by atoms with van der Waals surface area (Å²) in [7, 11) is 1.54. The molecule has 1 amide bonds. The number of pyridine rings is 1. The number of hydrogen-bond donors (Lipinski definition) is 1. The van der Waals surface area contributed by atoms with Crippen LogP contribution in [-0.2, 0) is 0 Å². The van der Waals surface area contributed by atoms with E-state index in [-0.39, 0.29) is 5.41 Å². The third-order valence-electron chi connectivity index (χ3n) is 4.52. The Morgan fingerprint density at radius 2 is 1.58 bits per heavy atom. The van der Waals surface area contributed by atoms with E-state index >= 15 is 0 Å². The first kappa shape index (κ1) is 22.0. The van der Waals surface area contributed by atoms with Gasteiger partial charge in [-0.1, -0.05) is 81.4 Å². The highest BCUT2D eigenvalue weighted by Gasteiger charge is 2.24. The Morgan fingerprint density at radius 3 is 2.03 bits per heavy atom. The number of rotatable bonds is 6. The van der Waals surface area contributed by atoms with E-state index in [2.05, 4.69) is 4.98 Å². The van der Waals surface area contributed by atoms with E-state index in [1.807, 2.05) is 81.4 Å². The van der Waals surface area contributed by atoms with Gasteiger partial charge in [-0.2, -0.15) is 0 Å². The van der Waals surface area contributed by atoms with E-state index in [1.165, 1.54) is 12.0 Å². The van der Waals surface area contributed by atoms with Crippen LogP contribution in [0.25, 0.3) is 0 Å². The predicted molar refractivity (Wildman–Crippen MR) is 124 cm³/mol. The number of aliphatic imine (C=N–C) groups is 1. The van der Waals surface area contributed by atoms with Crippen LogP contribution in [0.5, 0.6) is 5.75 Å². The van der Waals surface area contributed by atoms with Crippen molar-refractivity contribution in [2.45, 2.75) is 20.8 Å². The fourth-order valence-corrected chi connectivity index (χ4v) is 3.14. The molecule has 0 aliphatic heterocycles. The lowest BCUT2D eigenvalue weighted by Gasteiger charge is -2.27. The number of nitrogens with zero attached hydrogens (tertiary/aromatic N) is 3. The highest BCUT2D eigenvalue weighted by Crippen LogP contribution is 2.32. The summed E-state index contributed by atoms with van der Waals surface area (Å²) in [5.74, 6) is 0.758. The number of benzene rings is 2. The highest BCUT2D eigenvalue weighted by atomic mass is 16.5. The second-order valence-corrected chi connectivity index (χ2v) is 8.34. The Balaban J connectivity index is 2.08. The first-order valence-corrected chi connectivity index (χ1v) is 10.0. The molecule has 1 N–H and O–H groups in total. The minimum absolute atomic E-state index is 0.224. The number of hydrogen-bond acceptors (Lipinski definition) is 4. The zero-order chi connectivity index (χ0) is 22.4. The SMILES string of the molecule is COc1cc(N(CC(C)(C)C)C(=O)O)ncc1N=C(c1ccccc1)c1ccccc1. The summed E-state index contributed by atoms with van der Waals surface area (Å²) in [4.78, 5) is 22.3. The molecule has 0 saturated heterocycles. The molecule has 3 rings (SSSR count). The Bertz CT molecular complexity index is 1020. The maximum atomic E-state index is 11.8. The molecule has 3 aromatic rings. The molecule has 1 heterocycles. The quantitative estimate of drug-likeness (QED) is 0.515. The summed E-state index contributed by atoms with van der Waals surface area (Å²) in [6, 6.07) is 21.4. The van der Waals surface area contributed by atoms with Gasteiger partial charge in [0.1, 0.15) is 17.3 Å². The molecule has 0 aliphatic rings. The van der Waals surface area contributed by atoms with Crippen LogP contribution in [0.4, 0.5) is 16.3 Å². The predicted octanol–water partition coefficient (Wildman–Crippen LogP) is 5.79. The van der Waals surface area contributed by atoms with Gasteiger partial charge in [0, 0.05) is 23.7 Å². The Labute approximate surface area is 182 Å². The molecule has 0 bridgehead atoms. The van der Waals surface area contributed by atoms with Gasteiger partial charge in [0.2, 0.25) is 0 Å². The van der Waals surface area contributed by atoms with Crippen LogP contribution in [0, 0.1) is 5.41 Å². The van der Waals surface area contributed by atoms with Gasteiger partial charge in [-0.3, -0.25) is 4.90 Å². The lowest BCUT2D eigenvalue weighted by Crippen LogP contribution is -2.37. The molecule has 0 atom stereocenters. The van der Waals surface area contributed by atoms with Crippen molar-refractivity contribution in [3.8, 4) is 5.75 Å². The van der Waals surface area contributed by atoms with Gasteiger partial charge in [-0.15, -0.1) is 0 Å². The number of anilines is 1. The van der Waals surface area contributed by atoms with Crippen molar-refractivity contribution in [2.75, 3.05) is 18.6 Å². The smallest absolute Gasteiger partial charge is 0.413 e. The lowest BCUT2D eigenvalue weighted by molar-refractivity contribution is 0.198. The highest BCUT2D eigenvalue weighted by molar-refractivity contribution is 6.14. The molecular formula is C25H27N3O3.